The molecule has 125 valence electrons. The molecule has 1 heterocycles. The Morgan fingerprint density at radius 2 is 1.77 bits per heavy atom. The molecule has 2 aliphatic rings. The van der Waals surface area contributed by atoms with Crippen molar-refractivity contribution in [2.45, 2.75) is 40.5 Å². The molecule has 0 spiro atoms. The Labute approximate surface area is 134 Å². The predicted octanol–water partition coefficient (Wildman–Crippen LogP) is 2.44. The van der Waals surface area contributed by atoms with Gasteiger partial charge in [-0.3, -0.25) is 14.4 Å². The van der Waals surface area contributed by atoms with E-state index < -0.39 is 0 Å². The lowest BCUT2D eigenvalue weighted by molar-refractivity contribution is -0.175. The summed E-state index contributed by atoms with van der Waals surface area (Å²) < 4.78 is 0. The van der Waals surface area contributed by atoms with E-state index in [0.29, 0.717) is 18.5 Å². The second-order valence-corrected chi connectivity index (χ2v) is 6.84. The molecule has 5 heteroatoms. The Bertz CT molecular complexity index is 430. The normalized spacial score (nSPS) is 18.1. The number of piperidine rings is 1. The lowest BCUT2D eigenvalue weighted by Crippen LogP contribution is -2.42. The molecule has 1 aliphatic heterocycles. The second kappa shape index (κ2) is 7.77. The van der Waals surface area contributed by atoms with Crippen molar-refractivity contribution in [1.29, 1.82) is 0 Å². The largest absolute Gasteiger partial charge is 0.343 e. The summed E-state index contributed by atoms with van der Waals surface area (Å²) >= 11 is 0. The lowest BCUT2D eigenvalue weighted by Gasteiger charge is -2.31. The van der Waals surface area contributed by atoms with Gasteiger partial charge in [-0.2, -0.15) is 0 Å². The van der Waals surface area contributed by atoms with Crippen LogP contribution in [0.2, 0.25) is 0 Å². The quantitative estimate of drug-likeness (QED) is 0.736. The molecular formula is C17H29N2O3. The van der Waals surface area contributed by atoms with Gasteiger partial charge in [-0.05, 0) is 18.3 Å². The summed E-state index contributed by atoms with van der Waals surface area (Å²) in [5.74, 6) is 0.0762. The molecule has 0 aromatic rings. The van der Waals surface area contributed by atoms with E-state index in [1.165, 1.54) is 17.7 Å². The summed E-state index contributed by atoms with van der Waals surface area (Å²) in [6.07, 6.45) is 5.79. The Morgan fingerprint density at radius 3 is 2.05 bits per heavy atom. The molecule has 0 bridgehead atoms. The van der Waals surface area contributed by atoms with Crippen molar-refractivity contribution >= 4 is 11.8 Å². The Morgan fingerprint density at radius 1 is 1.27 bits per heavy atom. The average molecular weight is 309 g/mol. The number of nitrogens with zero attached hydrogens (tertiary/aromatic N) is 2. The van der Waals surface area contributed by atoms with Gasteiger partial charge in [-0.25, -0.2) is 5.06 Å². The first-order valence-corrected chi connectivity index (χ1v) is 7.79. The smallest absolute Gasteiger partial charge is 0.249 e. The lowest BCUT2D eigenvalue weighted by atomic mass is 9.93. The number of allylic oxidation sites excluding steroid dienone is 2. The molecule has 2 amide bonds. The van der Waals surface area contributed by atoms with Crippen molar-refractivity contribution in [1.82, 2.24) is 9.96 Å². The summed E-state index contributed by atoms with van der Waals surface area (Å²) in [6.45, 7) is 9.57. The van der Waals surface area contributed by atoms with Crippen LogP contribution in [0.4, 0.5) is 0 Å². The van der Waals surface area contributed by atoms with E-state index in [1.807, 2.05) is 0 Å². The van der Waals surface area contributed by atoms with Crippen LogP contribution in [-0.4, -0.2) is 49.0 Å². The summed E-state index contributed by atoms with van der Waals surface area (Å²) in [5.41, 5.74) is 1.91. The molecule has 1 saturated heterocycles. The molecule has 5 nitrogen and oxygen atoms in total. The number of hydroxylamine groups is 2. The van der Waals surface area contributed by atoms with E-state index >= 15 is 0 Å². The van der Waals surface area contributed by atoms with Gasteiger partial charge in [0.25, 0.3) is 0 Å². The number of likely N-dealkylation sites (tertiary alicyclic amines) is 1. The van der Waals surface area contributed by atoms with Crippen LogP contribution in [-0.2, 0) is 14.4 Å². The maximum Gasteiger partial charge on any atom is 0.249 e. The second-order valence-electron chi connectivity index (χ2n) is 6.84. The molecule has 2 rings (SSSR count). The SMILES string of the molecule is CC(C)(C)C1=C[CH]1.CON(C)C(=O)C1CCN(C(C)=O)CC1. The van der Waals surface area contributed by atoms with Crippen LogP contribution in [0.15, 0.2) is 11.6 Å². The monoisotopic (exact) mass is 309 g/mol. The Hall–Kier alpha value is -1.36. The summed E-state index contributed by atoms with van der Waals surface area (Å²) in [7, 11) is 3.09. The van der Waals surface area contributed by atoms with Crippen molar-refractivity contribution in [2.24, 2.45) is 11.3 Å². The molecule has 0 saturated carbocycles. The number of amides is 2. The first-order chi connectivity index (χ1) is 10.2. The van der Waals surface area contributed by atoms with Crippen LogP contribution in [0.25, 0.3) is 0 Å². The molecule has 0 aromatic carbocycles. The van der Waals surface area contributed by atoms with E-state index in [-0.39, 0.29) is 17.7 Å². The standard InChI is InChI=1S/C10H18N2O3.C7H11/c1-8(13)12-6-4-9(5-7-12)10(14)11(2)15-3;1-7(2,3)6-4-5-6/h9H,4-7H2,1-3H3;4-5H,1-3H3. The molecule has 0 N–H and O–H groups in total. The highest BCUT2D eigenvalue weighted by atomic mass is 16.7. The van der Waals surface area contributed by atoms with Crippen LogP contribution < -0.4 is 0 Å². The molecule has 0 unspecified atom stereocenters. The number of carbonyl (C=O) groups is 2. The Kier molecular flexibility index (Phi) is 6.60. The molecular weight excluding hydrogens is 280 g/mol. The fraction of sp³-hybridized carbons (Fsp3) is 0.706. The Balaban J connectivity index is 0.000000287. The zero-order valence-corrected chi connectivity index (χ0v) is 14.7. The maximum atomic E-state index is 11.7. The van der Waals surface area contributed by atoms with Crippen molar-refractivity contribution in [3.8, 4) is 0 Å². The van der Waals surface area contributed by atoms with Gasteiger partial charge < -0.3 is 4.90 Å². The number of carbonyl (C=O) groups excluding carboxylic acids is 2. The van der Waals surface area contributed by atoms with Crippen LogP contribution in [0.3, 0.4) is 0 Å². The summed E-state index contributed by atoms with van der Waals surface area (Å²) in [4.78, 5) is 29.4. The van der Waals surface area contributed by atoms with Crippen LogP contribution in [0, 0.1) is 17.8 Å². The number of hydrogen-bond donors (Lipinski definition) is 0. The topological polar surface area (TPSA) is 49.9 Å². The van der Waals surface area contributed by atoms with Gasteiger partial charge in [0, 0.05) is 39.4 Å². The highest BCUT2D eigenvalue weighted by molar-refractivity contribution is 5.78. The van der Waals surface area contributed by atoms with E-state index in [0.717, 1.165) is 12.8 Å². The van der Waals surface area contributed by atoms with E-state index in [2.05, 4.69) is 33.3 Å². The van der Waals surface area contributed by atoms with E-state index in [9.17, 15) is 9.59 Å². The van der Waals surface area contributed by atoms with Crippen molar-refractivity contribution < 1.29 is 14.4 Å². The molecule has 1 fully saturated rings. The predicted molar refractivity (Wildman–Crippen MR) is 86.6 cm³/mol. The number of hydrogen-bond acceptors (Lipinski definition) is 3. The zero-order valence-electron chi connectivity index (χ0n) is 14.7. The molecule has 22 heavy (non-hydrogen) atoms. The fourth-order valence-electron chi connectivity index (χ4n) is 2.33. The van der Waals surface area contributed by atoms with Gasteiger partial charge in [0.1, 0.15) is 0 Å². The van der Waals surface area contributed by atoms with Crippen molar-refractivity contribution in [2.75, 3.05) is 27.2 Å². The van der Waals surface area contributed by atoms with Gasteiger partial charge in [0.05, 0.1) is 7.11 Å². The summed E-state index contributed by atoms with van der Waals surface area (Å²) in [5, 5.41) is 1.26. The zero-order chi connectivity index (χ0) is 16.9. The average Bonchev–Trinajstić information content (AvgIpc) is 3.30. The fourth-order valence-corrected chi connectivity index (χ4v) is 2.33. The van der Waals surface area contributed by atoms with Gasteiger partial charge >= 0.3 is 0 Å². The minimum absolute atomic E-state index is 0.000650. The van der Waals surface area contributed by atoms with E-state index in [4.69, 9.17) is 4.84 Å². The van der Waals surface area contributed by atoms with Gasteiger partial charge in [0.15, 0.2) is 0 Å². The van der Waals surface area contributed by atoms with Crippen LogP contribution >= 0.6 is 0 Å². The van der Waals surface area contributed by atoms with Crippen molar-refractivity contribution in [3.63, 3.8) is 0 Å². The molecule has 1 radical (unpaired) electrons. The number of rotatable bonds is 2. The highest BCUT2D eigenvalue weighted by Gasteiger charge is 2.28. The van der Waals surface area contributed by atoms with Gasteiger partial charge in [-0.1, -0.05) is 32.4 Å². The van der Waals surface area contributed by atoms with E-state index in [1.54, 1.807) is 18.9 Å². The van der Waals surface area contributed by atoms with Gasteiger partial charge in [0.2, 0.25) is 11.8 Å². The summed E-state index contributed by atoms with van der Waals surface area (Å²) in [6, 6.07) is 0. The third kappa shape index (κ3) is 5.79. The first kappa shape index (κ1) is 18.7. The van der Waals surface area contributed by atoms with Crippen molar-refractivity contribution in [3.05, 3.63) is 18.1 Å². The molecule has 0 atom stereocenters. The first-order valence-electron chi connectivity index (χ1n) is 7.79. The van der Waals surface area contributed by atoms with Gasteiger partial charge in [-0.15, -0.1) is 0 Å². The minimum atomic E-state index is -0.00875. The van der Waals surface area contributed by atoms with Crippen LogP contribution in [0.5, 0.6) is 0 Å². The maximum absolute atomic E-state index is 11.7. The van der Waals surface area contributed by atoms with Crippen LogP contribution in [0.1, 0.15) is 40.5 Å². The molecule has 0 aromatic heterocycles. The third-order valence-corrected chi connectivity index (χ3v) is 4.07. The minimum Gasteiger partial charge on any atom is -0.343 e. The molecule has 1 aliphatic carbocycles. The highest BCUT2D eigenvalue weighted by Crippen LogP contribution is 2.36. The third-order valence-electron chi connectivity index (χ3n) is 4.07.